The summed E-state index contributed by atoms with van der Waals surface area (Å²) in [5, 5.41) is 9.85. The van der Waals surface area contributed by atoms with Gasteiger partial charge in [0, 0.05) is 24.2 Å². The highest BCUT2D eigenvalue weighted by Crippen LogP contribution is 2.20. The molecule has 1 rings (SSSR count). The standard InChI is InChI=1S/C13H17ClFNO2/c1-13(2,18)8-16(3)12(17)7-9-10(14)5-4-6-11(9)15/h4-6,18H,7-8H2,1-3H3. The zero-order valence-electron chi connectivity index (χ0n) is 10.7. The summed E-state index contributed by atoms with van der Waals surface area (Å²) in [5.41, 5.74) is -0.796. The Morgan fingerprint density at radius 1 is 1.50 bits per heavy atom. The van der Waals surface area contributed by atoms with Gasteiger partial charge in [0.05, 0.1) is 12.0 Å². The monoisotopic (exact) mass is 273 g/mol. The van der Waals surface area contributed by atoms with Crippen LogP contribution in [0.15, 0.2) is 18.2 Å². The molecule has 0 aliphatic rings. The summed E-state index contributed by atoms with van der Waals surface area (Å²) in [5.74, 6) is -0.781. The Kier molecular flexibility index (Phi) is 4.71. The van der Waals surface area contributed by atoms with E-state index in [1.165, 1.54) is 17.0 Å². The molecule has 0 aliphatic carbocycles. The van der Waals surface area contributed by atoms with Crippen molar-refractivity contribution in [1.29, 1.82) is 0 Å². The van der Waals surface area contributed by atoms with Gasteiger partial charge in [-0.1, -0.05) is 17.7 Å². The number of rotatable bonds is 4. The van der Waals surface area contributed by atoms with Crippen molar-refractivity contribution >= 4 is 17.5 Å². The van der Waals surface area contributed by atoms with Crippen LogP contribution < -0.4 is 0 Å². The Bertz CT molecular complexity index is 423. The normalized spacial score (nSPS) is 11.4. The van der Waals surface area contributed by atoms with Gasteiger partial charge >= 0.3 is 0 Å². The molecule has 0 atom stereocenters. The number of aliphatic hydroxyl groups is 1. The van der Waals surface area contributed by atoms with E-state index < -0.39 is 11.4 Å². The van der Waals surface area contributed by atoms with Gasteiger partial charge in [-0.2, -0.15) is 0 Å². The predicted octanol–water partition coefficient (Wildman–Crippen LogP) is 2.25. The van der Waals surface area contributed by atoms with Gasteiger partial charge in [-0.3, -0.25) is 4.79 Å². The molecule has 18 heavy (non-hydrogen) atoms. The van der Waals surface area contributed by atoms with Crippen molar-refractivity contribution in [2.24, 2.45) is 0 Å². The van der Waals surface area contributed by atoms with Crippen LogP contribution >= 0.6 is 11.6 Å². The second-order valence-electron chi connectivity index (χ2n) is 4.94. The van der Waals surface area contributed by atoms with Crippen LogP contribution in [0.2, 0.25) is 5.02 Å². The number of nitrogens with zero attached hydrogens (tertiary/aromatic N) is 1. The number of halogens is 2. The van der Waals surface area contributed by atoms with Crippen molar-refractivity contribution in [3.05, 3.63) is 34.6 Å². The highest BCUT2D eigenvalue weighted by atomic mass is 35.5. The Labute approximate surface area is 111 Å². The van der Waals surface area contributed by atoms with Gasteiger partial charge in [-0.25, -0.2) is 4.39 Å². The molecule has 0 radical (unpaired) electrons. The Morgan fingerprint density at radius 2 is 2.11 bits per heavy atom. The average molecular weight is 274 g/mol. The van der Waals surface area contributed by atoms with Crippen LogP contribution in [0.1, 0.15) is 19.4 Å². The molecule has 1 amide bonds. The third-order valence-electron chi connectivity index (χ3n) is 2.44. The molecule has 5 heteroatoms. The van der Waals surface area contributed by atoms with Crippen molar-refractivity contribution in [3.63, 3.8) is 0 Å². The molecule has 0 aliphatic heterocycles. The van der Waals surface area contributed by atoms with Crippen molar-refractivity contribution in [2.75, 3.05) is 13.6 Å². The number of carbonyl (C=O) groups excluding carboxylic acids is 1. The van der Waals surface area contributed by atoms with Gasteiger partial charge in [0.25, 0.3) is 0 Å². The van der Waals surface area contributed by atoms with Gasteiger partial charge in [0.15, 0.2) is 0 Å². The number of carbonyl (C=O) groups is 1. The first-order valence-corrected chi connectivity index (χ1v) is 5.98. The minimum Gasteiger partial charge on any atom is -0.389 e. The van der Waals surface area contributed by atoms with Crippen molar-refractivity contribution in [1.82, 2.24) is 4.90 Å². The summed E-state index contributed by atoms with van der Waals surface area (Å²) in [6.45, 7) is 3.39. The molecule has 0 saturated heterocycles. The summed E-state index contributed by atoms with van der Waals surface area (Å²) in [7, 11) is 1.56. The van der Waals surface area contributed by atoms with Gasteiger partial charge in [-0.15, -0.1) is 0 Å². The molecule has 100 valence electrons. The molecular formula is C13H17ClFNO2. The first-order chi connectivity index (χ1) is 8.20. The maximum atomic E-state index is 13.5. The van der Waals surface area contributed by atoms with E-state index in [1.54, 1.807) is 27.0 Å². The third kappa shape index (κ3) is 4.27. The van der Waals surface area contributed by atoms with Gasteiger partial charge in [-0.05, 0) is 26.0 Å². The van der Waals surface area contributed by atoms with Gasteiger partial charge in [0.2, 0.25) is 5.91 Å². The first kappa shape index (κ1) is 14.9. The number of amides is 1. The van der Waals surface area contributed by atoms with E-state index in [4.69, 9.17) is 11.6 Å². The zero-order chi connectivity index (χ0) is 13.9. The molecular weight excluding hydrogens is 257 g/mol. The molecule has 3 nitrogen and oxygen atoms in total. The van der Waals surface area contributed by atoms with E-state index >= 15 is 0 Å². The Morgan fingerprint density at radius 3 is 2.61 bits per heavy atom. The molecule has 0 aromatic heterocycles. The minimum atomic E-state index is -0.983. The fourth-order valence-electron chi connectivity index (χ4n) is 1.66. The number of hydrogen-bond donors (Lipinski definition) is 1. The van der Waals surface area contributed by atoms with Crippen LogP contribution in [0.4, 0.5) is 4.39 Å². The van der Waals surface area contributed by atoms with Crippen LogP contribution in [0.5, 0.6) is 0 Å². The van der Waals surface area contributed by atoms with Gasteiger partial charge < -0.3 is 10.0 Å². The van der Waals surface area contributed by atoms with Crippen molar-refractivity contribution < 1.29 is 14.3 Å². The smallest absolute Gasteiger partial charge is 0.226 e. The molecule has 0 unspecified atom stereocenters. The molecule has 0 heterocycles. The lowest BCUT2D eigenvalue weighted by molar-refractivity contribution is -0.131. The van der Waals surface area contributed by atoms with Crippen molar-refractivity contribution in [2.45, 2.75) is 25.9 Å². The highest BCUT2D eigenvalue weighted by molar-refractivity contribution is 6.31. The topological polar surface area (TPSA) is 40.5 Å². The summed E-state index contributed by atoms with van der Waals surface area (Å²) < 4.78 is 13.5. The van der Waals surface area contributed by atoms with Crippen LogP contribution in [0.25, 0.3) is 0 Å². The lowest BCUT2D eigenvalue weighted by Crippen LogP contribution is -2.40. The average Bonchev–Trinajstić information content (AvgIpc) is 2.21. The summed E-state index contributed by atoms with van der Waals surface area (Å²) in [6, 6.07) is 4.31. The number of hydrogen-bond acceptors (Lipinski definition) is 2. The van der Waals surface area contributed by atoms with E-state index in [0.717, 1.165) is 0 Å². The molecule has 0 saturated carbocycles. The first-order valence-electron chi connectivity index (χ1n) is 5.60. The lowest BCUT2D eigenvalue weighted by Gasteiger charge is -2.25. The molecule has 0 fully saturated rings. The number of likely N-dealkylation sites (N-methyl/N-ethyl adjacent to an activating group) is 1. The quantitative estimate of drug-likeness (QED) is 0.914. The third-order valence-corrected chi connectivity index (χ3v) is 2.79. The van der Waals surface area contributed by atoms with Crippen LogP contribution in [-0.4, -0.2) is 35.1 Å². The second kappa shape index (κ2) is 5.67. The van der Waals surface area contributed by atoms with Gasteiger partial charge in [0.1, 0.15) is 5.82 Å². The molecule has 1 aromatic carbocycles. The second-order valence-corrected chi connectivity index (χ2v) is 5.35. The van der Waals surface area contributed by atoms with E-state index in [2.05, 4.69) is 0 Å². The van der Waals surface area contributed by atoms with Crippen LogP contribution in [0.3, 0.4) is 0 Å². The van der Waals surface area contributed by atoms with E-state index in [0.29, 0.717) is 0 Å². The van der Waals surface area contributed by atoms with Crippen LogP contribution in [-0.2, 0) is 11.2 Å². The summed E-state index contributed by atoms with van der Waals surface area (Å²) in [6.07, 6.45) is -0.113. The maximum absolute atomic E-state index is 13.5. The number of benzene rings is 1. The van der Waals surface area contributed by atoms with Crippen LogP contribution in [0, 0.1) is 5.82 Å². The van der Waals surface area contributed by atoms with Crippen molar-refractivity contribution in [3.8, 4) is 0 Å². The van der Waals surface area contributed by atoms with E-state index in [9.17, 15) is 14.3 Å². The summed E-state index contributed by atoms with van der Waals surface area (Å²) >= 11 is 5.85. The fraction of sp³-hybridized carbons (Fsp3) is 0.462. The molecule has 0 bridgehead atoms. The summed E-state index contributed by atoms with van der Waals surface area (Å²) in [4.78, 5) is 13.2. The Hall–Kier alpha value is -1.13. The highest BCUT2D eigenvalue weighted by Gasteiger charge is 2.21. The predicted molar refractivity (Wildman–Crippen MR) is 69.0 cm³/mol. The Balaban J connectivity index is 2.76. The van der Waals surface area contributed by atoms with E-state index in [-0.39, 0.29) is 29.5 Å². The maximum Gasteiger partial charge on any atom is 0.226 e. The molecule has 0 spiro atoms. The minimum absolute atomic E-state index is 0.113. The molecule has 1 aromatic rings. The molecule has 1 N–H and O–H groups in total. The zero-order valence-corrected chi connectivity index (χ0v) is 11.5. The van der Waals surface area contributed by atoms with E-state index in [1.807, 2.05) is 0 Å². The SMILES string of the molecule is CN(CC(C)(C)O)C(=O)Cc1c(F)cccc1Cl. The fourth-order valence-corrected chi connectivity index (χ4v) is 1.89. The lowest BCUT2D eigenvalue weighted by atomic mass is 10.1. The largest absolute Gasteiger partial charge is 0.389 e.